The van der Waals surface area contributed by atoms with E-state index in [0.29, 0.717) is 23.3 Å². The SMILES string of the molecule is Cc1nnc(NCC2(O)CCC(C)(C)CC2)c(C#N)c1C. The second kappa shape index (κ2) is 5.61. The van der Waals surface area contributed by atoms with Gasteiger partial charge < -0.3 is 10.4 Å². The maximum absolute atomic E-state index is 10.7. The molecule has 1 aromatic rings. The maximum Gasteiger partial charge on any atom is 0.167 e. The quantitative estimate of drug-likeness (QED) is 0.893. The van der Waals surface area contributed by atoms with Crippen molar-refractivity contribution in [3.05, 3.63) is 16.8 Å². The largest absolute Gasteiger partial charge is 0.388 e. The van der Waals surface area contributed by atoms with Gasteiger partial charge in [0, 0.05) is 6.54 Å². The molecule has 1 fully saturated rings. The molecule has 0 atom stereocenters. The fourth-order valence-corrected chi connectivity index (χ4v) is 2.69. The van der Waals surface area contributed by atoms with Crippen LogP contribution in [0.2, 0.25) is 0 Å². The van der Waals surface area contributed by atoms with Gasteiger partial charge in [-0.05, 0) is 50.5 Å². The van der Waals surface area contributed by atoms with Crippen molar-refractivity contribution in [2.75, 3.05) is 11.9 Å². The molecular weight excluding hydrogens is 264 g/mol. The van der Waals surface area contributed by atoms with Gasteiger partial charge in [-0.2, -0.15) is 10.4 Å². The molecule has 5 heteroatoms. The highest BCUT2D eigenvalue weighted by molar-refractivity contribution is 5.55. The van der Waals surface area contributed by atoms with Gasteiger partial charge in [0.2, 0.25) is 0 Å². The van der Waals surface area contributed by atoms with Gasteiger partial charge in [-0.1, -0.05) is 13.8 Å². The summed E-state index contributed by atoms with van der Waals surface area (Å²) in [7, 11) is 0. The number of anilines is 1. The summed E-state index contributed by atoms with van der Waals surface area (Å²) in [4.78, 5) is 0. The van der Waals surface area contributed by atoms with Crippen molar-refractivity contribution in [1.29, 1.82) is 5.26 Å². The van der Waals surface area contributed by atoms with Gasteiger partial charge in [0.25, 0.3) is 0 Å². The van der Waals surface area contributed by atoms with Gasteiger partial charge in [0.1, 0.15) is 11.6 Å². The lowest BCUT2D eigenvalue weighted by Crippen LogP contribution is -2.42. The van der Waals surface area contributed by atoms with Crippen molar-refractivity contribution in [3.8, 4) is 6.07 Å². The summed E-state index contributed by atoms with van der Waals surface area (Å²) >= 11 is 0. The highest BCUT2D eigenvalue weighted by Crippen LogP contribution is 2.40. The summed E-state index contributed by atoms with van der Waals surface area (Å²) in [6.45, 7) is 8.59. The van der Waals surface area contributed by atoms with Crippen LogP contribution in [0.3, 0.4) is 0 Å². The van der Waals surface area contributed by atoms with E-state index in [1.807, 2.05) is 13.8 Å². The van der Waals surface area contributed by atoms with Gasteiger partial charge >= 0.3 is 0 Å². The third-order valence-electron chi connectivity index (χ3n) is 4.69. The summed E-state index contributed by atoms with van der Waals surface area (Å²) in [6.07, 6.45) is 3.56. The number of nitriles is 1. The topological polar surface area (TPSA) is 81.8 Å². The van der Waals surface area contributed by atoms with Crippen LogP contribution in [-0.4, -0.2) is 27.4 Å². The number of hydrogen-bond acceptors (Lipinski definition) is 5. The first-order chi connectivity index (χ1) is 9.76. The predicted molar refractivity (Wildman–Crippen MR) is 81.9 cm³/mol. The number of rotatable bonds is 3. The first-order valence-corrected chi connectivity index (χ1v) is 7.47. The van der Waals surface area contributed by atoms with Crippen molar-refractivity contribution >= 4 is 5.82 Å². The van der Waals surface area contributed by atoms with Gasteiger partial charge in [0.15, 0.2) is 5.82 Å². The van der Waals surface area contributed by atoms with Crippen LogP contribution in [-0.2, 0) is 0 Å². The standard InChI is InChI=1S/C16H24N4O/c1-11-12(2)19-20-14(13(11)9-17)18-10-16(21)7-5-15(3,4)6-8-16/h21H,5-8,10H2,1-4H3,(H,18,20). The molecule has 0 saturated heterocycles. The molecular formula is C16H24N4O. The van der Waals surface area contributed by atoms with E-state index in [-0.39, 0.29) is 0 Å². The van der Waals surface area contributed by atoms with Crippen LogP contribution in [0.4, 0.5) is 5.82 Å². The Kier molecular flexibility index (Phi) is 4.20. The first kappa shape index (κ1) is 15.7. The fraction of sp³-hybridized carbons (Fsp3) is 0.688. The molecule has 1 heterocycles. The molecule has 1 aromatic heterocycles. The monoisotopic (exact) mass is 288 g/mol. The summed E-state index contributed by atoms with van der Waals surface area (Å²) in [5.74, 6) is 0.471. The highest BCUT2D eigenvalue weighted by Gasteiger charge is 2.36. The van der Waals surface area contributed by atoms with Crippen molar-refractivity contribution in [2.45, 2.75) is 59.0 Å². The second-order valence-corrected chi connectivity index (χ2v) is 6.99. The Morgan fingerprint density at radius 3 is 2.38 bits per heavy atom. The Balaban J connectivity index is 2.07. The van der Waals surface area contributed by atoms with Crippen LogP contribution in [0, 0.1) is 30.6 Å². The molecule has 2 rings (SSSR count). The van der Waals surface area contributed by atoms with E-state index in [2.05, 4.69) is 35.4 Å². The van der Waals surface area contributed by atoms with Crippen LogP contribution in [0.5, 0.6) is 0 Å². The van der Waals surface area contributed by atoms with Crippen LogP contribution in [0.25, 0.3) is 0 Å². The normalized spacial score (nSPS) is 19.8. The van der Waals surface area contributed by atoms with E-state index in [4.69, 9.17) is 0 Å². The average Bonchev–Trinajstić information content (AvgIpc) is 2.44. The predicted octanol–water partition coefficient (Wildman–Crippen LogP) is 2.71. The molecule has 0 aliphatic heterocycles. The molecule has 0 bridgehead atoms. The zero-order valence-electron chi connectivity index (χ0n) is 13.3. The first-order valence-electron chi connectivity index (χ1n) is 7.47. The van der Waals surface area contributed by atoms with E-state index in [1.165, 1.54) is 0 Å². The minimum atomic E-state index is -0.720. The molecule has 0 aromatic carbocycles. The minimum absolute atomic E-state index is 0.310. The number of aromatic nitrogens is 2. The van der Waals surface area contributed by atoms with E-state index < -0.39 is 5.60 Å². The smallest absolute Gasteiger partial charge is 0.167 e. The van der Waals surface area contributed by atoms with E-state index in [9.17, 15) is 10.4 Å². The number of nitrogens with one attached hydrogen (secondary N) is 1. The summed E-state index contributed by atoms with van der Waals surface area (Å²) in [5, 5.41) is 31.2. The molecule has 0 spiro atoms. The zero-order valence-corrected chi connectivity index (χ0v) is 13.3. The Bertz CT molecular complexity index is 564. The molecule has 0 radical (unpaired) electrons. The highest BCUT2D eigenvalue weighted by atomic mass is 16.3. The maximum atomic E-state index is 10.7. The van der Waals surface area contributed by atoms with Crippen LogP contribution < -0.4 is 5.32 Å². The Morgan fingerprint density at radius 1 is 1.19 bits per heavy atom. The van der Waals surface area contributed by atoms with Crippen LogP contribution in [0.1, 0.15) is 56.4 Å². The lowest BCUT2D eigenvalue weighted by Gasteiger charge is -2.40. The fourth-order valence-electron chi connectivity index (χ4n) is 2.69. The Labute approximate surface area is 126 Å². The Morgan fingerprint density at radius 2 is 1.81 bits per heavy atom. The number of hydrogen-bond donors (Lipinski definition) is 2. The summed E-state index contributed by atoms with van der Waals surface area (Å²) in [5.41, 5.74) is 1.71. The minimum Gasteiger partial charge on any atom is -0.388 e. The van der Waals surface area contributed by atoms with Gasteiger partial charge in [0.05, 0.1) is 11.3 Å². The average molecular weight is 288 g/mol. The number of aliphatic hydroxyl groups is 1. The third-order valence-corrected chi connectivity index (χ3v) is 4.69. The van der Waals surface area contributed by atoms with Crippen molar-refractivity contribution in [3.63, 3.8) is 0 Å². The van der Waals surface area contributed by atoms with Crippen molar-refractivity contribution in [1.82, 2.24) is 10.2 Å². The van der Waals surface area contributed by atoms with Crippen molar-refractivity contribution < 1.29 is 5.11 Å². The van der Waals surface area contributed by atoms with Crippen LogP contribution >= 0.6 is 0 Å². The molecule has 0 amide bonds. The number of nitrogens with zero attached hydrogens (tertiary/aromatic N) is 3. The molecule has 114 valence electrons. The van der Waals surface area contributed by atoms with Gasteiger partial charge in [-0.3, -0.25) is 0 Å². The van der Waals surface area contributed by atoms with E-state index >= 15 is 0 Å². The zero-order chi connectivity index (χ0) is 15.7. The van der Waals surface area contributed by atoms with Gasteiger partial charge in [-0.15, -0.1) is 5.10 Å². The molecule has 5 nitrogen and oxygen atoms in total. The van der Waals surface area contributed by atoms with Crippen LogP contribution in [0.15, 0.2) is 0 Å². The number of aryl methyl sites for hydroxylation is 1. The third kappa shape index (κ3) is 3.51. The summed E-state index contributed by atoms with van der Waals surface area (Å²) < 4.78 is 0. The molecule has 1 aliphatic rings. The van der Waals surface area contributed by atoms with Crippen molar-refractivity contribution in [2.24, 2.45) is 5.41 Å². The molecule has 2 N–H and O–H groups in total. The van der Waals surface area contributed by atoms with Gasteiger partial charge in [-0.25, -0.2) is 0 Å². The lowest BCUT2D eigenvalue weighted by molar-refractivity contribution is -0.0146. The van der Waals surface area contributed by atoms with E-state index in [0.717, 1.165) is 36.9 Å². The second-order valence-electron chi connectivity index (χ2n) is 6.99. The molecule has 21 heavy (non-hydrogen) atoms. The summed E-state index contributed by atoms with van der Waals surface area (Å²) in [6, 6.07) is 2.17. The Hall–Kier alpha value is -1.67. The molecule has 1 aliphatic carbocycles. The lowest BCUT2D eigenvalue weighted by atomic mass is 9.71. The molecule has 0 unspecified atom stereocenters. The molecule has 1 saturated carbocycles. The van der Waals surface area contributed by atoms with E-state index in [1.54, 1.807) is 0 Å².